The number of rotatable bonds is 3. The summed E-state index contributed by atoms with van der Waals surface area (Å²) in [6.45, 7) is 6.35. The van der Waals surface area contributed by atoms with E-state index in [2.05, 4.69) is 6.58 Å². The molecule has 0 saturated carbocycles. The zero-order chi connectivity index (χ0) is 14.8. The van der Waals surface area contributed by atoms with E-state index in [1.165, 1.54) is 0 Å². The molecule has 0 N–H and O–H groups in total. The van der Waals surface area contributed by atoms with Crippen molar-refractivity contribution in [1.82, 2.24) is 0 Å². The Bertz CT molecular complexity index is 537. The Hall–Kier alpha value is -1.46. The lowest BCUT2D eigenvalue weighted by Crippen LogP contribution is -2.49. The van der Waals surface area contributed by atoms with Gasteiger partial charge in [-0.1, -0.05) is 43.0 Å². The van der Waals surface area contributed by atoms with Gasteiger partial charge in [0.2, 0.25) is 0 Å². The molecule has 1 unspecified atom stereocenters. The van der Waals surface area contributed by atoms with Gasteiger partial charge in [-0.3, -0.25) is 0 Å². The summed E-state index contributed by atoms with van der Waals surface area (Å²) in [5, 5.41) is 0. The average Bonchev–Trinajstić information content (AvgIpc) is 2.54. The fourth-order valence-corrected chi connectivity index (χ4v) is 2.83. The van der Waals surface area contributed by atoms with Crippen LogP contribution in [-0.2, 0) is 18.9 Å². The van der Waals surface area contributed by atoms with Crippen LogP contribution in [0.2, 0.25) is 0 Å². The first kappa shape index (κ1) is 14.5. The van der Waals surface area contributed by atoms with Gasteiger partial charge in [-0.25, -0.2) is 0 Å². The minimum atomic E-state index is -0.377. The van der Waals surface area contributed by atoms with Gasteiger partial charge in [0.15, 0.2) is 12.6 Å². The second-order valence-electron chi connectivity index (χ2n) is 5.22. The number of benzene rings is 1. The van der Waals surface area contributed by atoms with Crippen LogP contribution >= 0.6 is 0 Å². The lowest BCUT2D eigenvalue weighted by Gasteiger charge is -2.42. The third-order valence-electron chi connectivity index (χ3n) is 3.94. The van der Waals surface area contributed by atoms with E-state index in [1.54, 1.807) is 7.11 Å². The van der Waals surface area contributed by atoms with Crippen LogP contribution in [0.25, 0.3) is 0 Å². The second-order valence-corrected chi connectivity index (χ2v) is 5.22. The molecule has 0 aromatic heterocycles. The molecule has 0 aliphatic carbocycles. The summed E-state index contributed by atoms with van der Waals surface area (Å²) in [6, 6.07) is 9.92. The van der Waals surface area contributed by atoms with Crippen molar-refractivity contribution in [2.45, 2.75) is 31.7 Å². The summed E-state index contributed by atoms with van der Waals surface area (Å²) in [4.78, 5) is 0. The van der Waals surface area contributed by atoms with Crippen molar-refractivity contribution in [3.05, 3.63) is 59.7 Å². The normalized spacial score (nSPS) is 32.7. The van der Waals surface area contributed by atoms with Gasteiger partial charge in [-0.15, -0.1) is 0 Å². The maximum absolute atomic E-state index is 6.11. The van der Waals surface area contributed by atoms with Crippen LogP contribution in [-0.4, -0.2) is 32.2 Å². The summed E-state index contributed by atoms with van der Waals surface area (Å²) in [6.07, 6.45) is 0.742. The van der Waals surface area contributed by atoms with Crippen LogP contribution in [0.15, 0.2) is 54.1 Å². The molecule has 1 fully saturated rings. The molecule has 1 aromatic carbocycles. The van der Waals surface area contributed by atoms with E-state index in [0.29, 0.717) is 6.61 Å². The zero-order valence-corrected chi connectivity index (χ0v) is 12.3. The SMILES string of the molecule is C=CC1=C(C)[C@@H](OC)O[C@@H]2COC(c3ccccc3)O[C@@H]12. The number of ether oxygens (including phenoxy) is 4. The first-order valence-electron chi connectivity index (χ1n) is 7.08. The summed E-state index contributed by atoms with van der Waals surface area (Å²) in [5.41, 5.74) is 3.04. The van der Waals surface area contributed by atoms with Gasteiger partial charge in [-0.05, 0) is 18.1 Å². The predicted octanol–water partition coefficient (Wildman–Crippen LogP) is 2.97. The van der Waals surface area contributed by atoms with Crippen molar-refractivity contribution < 1.29 is 18.9 Å². The summed E-state index contributed by atoms with van der Waals surface area (Å²) in [5.74, 6) is 0. The van der Waals surface area contributed by atoms with E-state index >= 15 is 0 Å². The first-order valence-corrected chi connectivity index (χ1v) is 7.08. The molecule has 112 valence electrons. The Morgan fingerprint density at radius 3 is 2.67 bits per heavy atom. The van der Waals surface area contributed by atoms with Gasteiger partial charge >= 0.3 is 0 Å². The van der Waals surface area contributed by atoms with E-state index in [4.69, 9.17) is 18.9 Å². The molecular weight excluding hydrogens is 268 g/mol. The van der Waals surface area contributed by atoms with Crippen molar-refractivity contribution in [2.75, 3.05) is 13.7 Å². The molecule has 2 aliphatic rings. The van der Waals surface area contributed by atoms with Gasteiger partial charge in [0.05, 0.1) is 6.61 Å². The highest BCUT2D eigenvalue weighted by Gasteiger charge is 2.41. The molecule has 4 nitrogen and oxygen atoms in total. The molecule has 2 aliphatic heterocycles. The quantitative estimate of drug-likeness (QED) is 0.857. The minimum Gasteiger partial charge on any atom is -0.352 e. The molecule has 21 heavy (non-hydrogen) atoms. The predicted molar refractivity (Wildman–Crippen MR) is 78.6 cm³/mol. The fourth-order valence-electron chi connectivity index (χ4n) is 2.83. The molecule has 0 spiro atoms. The number of methoxy groups -OCH3 is 1. The van der Waals surface area contributed by atoms with Crippen molar-refractivity contribution in [3.8, 4) is 0 Å². The number of fused-ring (bicyclic) bond motifs is 1. The van der Waals surface area contributed by atoms with Crippen LogP contribution in [0, 0.1) is 0 Å². The molecule has 0 amide bonds. The lowest BCUT2D eigenvalue weighted by atomic mass is 9.95. The number of hydrogen-bond donors (Lipinski definition) is 0. The summed E-state index contributed by atoms with van der Waals surface area (Å²) in [7, 11) is 1.63. The van der Waals surface area contributed by atoms with E-state index in [-0.39, 0.29) is 24.8 Å². The average molecular weight is 288 g/mol. The molecule has 0 bridgehead atoms. The lowest BCUT2D eigenvalue weighted by molar-refractivity contribution is -0.285. The fraction of sp³-hybridized carbons (Fsp3) is 0.412. The Kier molecular flexibility index (Phi) is 4.22. The van der Waals surface area contributed by atoms with E-state index in [9.17, 15) is 0 Å². The van der Waals surface area contributed by atoms with Crippen LogP contribution in [0.5, 0.6) is 0 Å². The molecule has 4 atom stereocenters. The Labute approximate surface area is 125 Å². The van der Waals surface area contributed by atoms with Crippen LogP contribution in [0.4, 0.5) is 0 Å². The van der Waals surface area contributed by atoms with Crippen molar-refractivity contribution in [1.29, 1.82) is 0 Å². The third-order valence-corrected chi connectivity index (χ3v) is 3.94. The van der Waals surface area contributed by atoms with E-state index in [0.717, 1.165) is 16.7 Å². The van der Waals surface area contributed by atoms with E-state index < -0.39 is 0 Å². The molecule has 3 rings (SSSR count). The van der Waals surface area contributed by atoms with Crippen molar-refractivity contribution in [3.63, 3.8) is 0 Å². The maximum Gasteiger partial charge on any atom is 0.184 e. The van der Waals surface area contributed by atoms with Gasteiger partial charge in [0.1, 0.15) is 12.2 Å². The molecule has 1 aromatic rings. The monoisotopic (exact) mass is 288 g/mol. The van der Waals surface area contributed by atoms with Crippen molar-refractivity contribution >= 4 is 0 Å². The molecule has 4 heteroatoms. The second kappa shape index (κ2) is 6.12. The summed E-state index contributed by atoms with van der Waals surface area (Å²) >= 11 is 0. The summed E-state index contributed by atoms with van der Waals surface area (Å²) < 4.78 is 23.2. The van der Waals surface area contributed by atoms with Gasteiger partial charge in [-0.2, -0.15) is 0 Å². The maximum atomic E-state index is 6.11. The van der Waals surface area contributed by atoms with Crippen LogP contribution < -0.4 is 0 Å². The largest absolute Gasteiger partial charge is 0.352 e. The standard InChI is InChI=1S/C17H20O4/c1-4-13-11(2)16(18-3)20-14-10-19-17(21-15(13)14)12-8-6-5-7-9-12/h4-9,14-17H,1,10H2,2-3H3/t14-,15+,16+,17?/m1/s1. The smallest absolute Gasteiger partial charge is 0.184 e. The highest BCUT2D eigenvalue weighted by Crippen LogP contribution is 2.36. The van der Waals surface area contributed by atoms with Crippen molar-refractivity contribution in [2.24, 2.45) is 0 Å². The molecule has 0 radical (unpaired) electrons. The van der Waals surface area contributed by atoms with E-state index in [1.807, 2.05) is 43.3 Å². The molecule has 1 saturated heterocycles. The molecular formula is C17H20O4. The van der Waals surface area contributed by atoms with Crippen LogP contribution in [0.1, 0.15) is 18.8 Å². The highest BCUT2D eigenvalue weighted by molar-refractivity contribution is 5.32. The highest BCUT2D eigenvalue weighted by atomic mass is 16.7. The van der Waals surface area contributed by atoms with Gasteiger partial charge in [0, 0.05) is 12.7 Å². The number of hydrogen-bond acceptors (Lipinski definition) is 4. The van der Waals surface area contributed by atoms with Crippen LogP contribution in [0.3, 0.4) is 0 Å². The van der Waals surface area contributed by atoms with Gasteiger partial charge < -0.3 is 18.9 Å². The third kappa shape index (κ3) is 2.68. The first-order chi connectivity index (χ1) is 10.2. The van der Waals surface area contributed by atoms with Gasteiger partial charge in [0.25, 0.3) is 0 Å². The Morgan fingerprint density at radius 2 is 2.00 bits per heavy atom. The Balaban J connectivity index is 1.86. The topological polar surface area (TPSA) is 36.9 Å². The Morgan fingerprint density at radius 1 is 1.24 bits per heavy atom. The minimum absolute atomic E-state index is 0.173. The zero-order valence-electron chi connectivity index (χ0n) is 12.3. The molecule has 2 heterocycles.